The van der Waals surface area contributed by atoms with E-state index in [0.29, 0.717) is 0 Å². The van der Waals surface area contributed by atoms with Crippen LogP contribution < -0.4 is 10.2 Å². The SMILES string of the molecule is CNCc1cncnc1N(Cc1ccccc1)Cc1ccccc1. The fourth-order valence-corrected chi connectivity index (χ4v) is 2.77. The van der Waals surface area contributed by atoms with Crippen molar-refractivity contribution >= 4 is 5.82 Å². The highest BCUT2D eigenvalue weighted by Gasteiger charge is 2.14. The van der Waals surface area contributed by atoms with Crippen molar-refractivity contribution in [2.75, 3.05) is 11.9 Å². The van der Waals surface area contributed by atoms with Crippen molar-refractivity contribution < 1.29 is 0 Å². The van der Waals surface area contributed by atoms with Crippen LogP contribution in [0, 0.1) is 0 Å². The van der Waals surface area contributed by atoms with Crippen molar-refractivity contribution in [1.29, 1.82) is 0 Å². The molecule has 0 saturated heterocycles. The molecule has 0 fully saturated rings. The van der Waals surface area contributed by atoms with Crippen molar-refractivity contribution in [2.45, 2.75) is 19.6 Å². The van der Waals surface area contributed by atoms with Crippen LogP contribution >= 0.6 is 0 Å². The summed E-state index contributed by atoms with van der Waals surface area (Å²) in [5, 5.41) is 3.20. The van der Waals surface area contributed by atoms with Crippen LogP contribution in [0.15, 0.2) is 73.2 Å². The molecule has 1 N–H and O–H groups in total. The summed E-state index contributed by atoms with van der Waals surface area (Å²) in [7, 11) is 1.94. The summed E-state index contributed by atoms with van der Waals surface area (Å²) >= 11 is 0. The lowest BCUT2D eigenvalue weighted by Gasteiger charge is -2.26. The quantitative estimate of drug-likeness (QED) is 0.725. The van der Waals surface area contributed by atoms with Gasteiger partial charge in [0, 0.05) is 31.4 Å². The third kappa shape index (κ3) is 4.18. The third-order valence-corrected chi connectivity index (χ3v) is 3.86. The van der Waals surface area contributed by atoms with Crippen LogP contribution in [0.5, 0.6) is 0 Å². The number of aromatic nitrogens is 2. The highest BCUT2D eigenvalue weighted by atomic mass is 15.2. The van der Waals surface area contributed by atoms with E-state index in [1.165, 1.54) is 11.1 Å². The van der Waals surface area contributed by atoms with Crippen molar-refractivity contribution in [2.24, 2.45) is 0 Å². The lowest BCUT2D eigenvalue weighted by molar-refractivity contribution is 0.746. The largest absolute Gasteiger partial charge is 0.348 e. The first-order chi connectivity index (χ1) is 11.9. The van der Waals surface area contributed by atoms with E-state index in [1.54, 1.807) is 6.33 Å². The number of nitrogens with zero attached hydrogens (tertiary/aromatic N) is 3. The van der Waals surface area contributed by atoms with Crippen molar-refractivity contribution in [3.8, 4) is 0 Å². The van der Waals surface area contributed by atoms with E-state index < -0.39 is 0 Å². The Morgan fingerprint density at radius 2 is 1.46 bits per heavy atom. The topological polar surface area (TPSA) is 41.1 Å². The number of benzene rings is 2. The monoisotopic (exact) mass is 318 g/mol. The minimum Gasteiger partial charge on any atom is -0.348 e. The molecule has 122 valence electrons. The lowest BCUT2D eigenvalue weighted by Crippen LogP contribution is -2.25. The Bertz CT molecular complexity index is 702. The molecule has 0 amide bonds. The molecule has 4 nitrogen and oxygen atoms in total. The second-order valence-electron chi connectivity index (χ2n) is 5.73. The van der Waals surface area contributed by atoms with Crippen LogP contribution in [-0.2, 0) is 19.6 Å². The molecule has 24 heavy (non-hydrogen) atoms. The van der Waals surface area contributed by atoms with E-state index in [1.807, 2.05) is 25.4 Å². The Kier molecular flexibility index (Phi) is 5.53. The number of rotatable bonds is 7. The smallest absolute Gasteiger partial charge is 0.137 e. The molecule has 4 heteroatoms. The van der Waals surface area contributed by atoms with Crippen LogP contribution in [0.3, 0.4) is 0 Å². The Labute approximate surface area is 143 Å². The average molecular weight is 318 g/mol. The standard InChI is InChI=1S/C20H22N4/c1-21-12-19-13-22-16-23-20(19)24(14-17-8-4-2-5-9-17)15-18-10-6-3-7-11-18/h2-11,13,16,21H,12,14-15H2,1H3. The van der Waals surface area contributed by atoms with Crippen molar-refractivity contribution in [1.82, 2.24) is 15.3 Å². The van der Waals surface area contributed by atoms with Gasteiger partial charge in [-0.25, -0.2) is 9.97 Å². The van der Waals surface area contributed by atoms with Gasteiger partial charge in [-0.15, -0.1) is 0 Å². The molecule has 0 radical (unpaired) electrons. The summed E-state index contributed by atoms with van der Waals surface area (Å²) in [6, 6.07) is 21.0. The summed E-state index contributed by atoms with van der Waals surface area (Å²) in [5.74, 6) is 0.979. The molecular formula is C20H22N4. The maximum Gasteiger partial charge on any atom is 0.137 e. The number of anilines is 1. The van der Waals surface area contributed by atoms with Gasteiger partial charge in [0.05, 0.1) is 0 Å². The Morgan fingerprint density at radius 3 is 2.00 bits per heavy atom. The van der Waals surface area contributed by atoms with Gasteiger partial charge in [-0.3, -0.25) is 0 Å². The van der Waals surface area contributed by atoms with Gasteiger partial charge >= 0.3 is 0 Å². The number of hydrogen-bond donors (Lipinski definition) is 1. The second-order valence-corrected chi connectivity index (χ2v) is 5.73. The number of hydrogen-bond acceptors (Lipinski definition) is 4. The minimum atomic E-state index is 0.746. The first-order valence-electron chi connectivity index (χ1n) is 8.13. The van der Waals surface area contributed by atoms with Crippen LogP contribution in [-0.4, -0.2) is 17.0 Å². The molecule has 0 aliphatic rings. The van der Waals surface area contributed by atoms with E-state index in [4.69, 9.17) is 0 Å². The number of nitrogens with one attached hydrogen (secondary N) is 1. The fraction of sp³-hybridized carbons (Fsp3) is 0.200. The maximum atomic E-state index is 4.56. The van der Waals surface area contributed by atoms with Crippen LogP contribution in [0.2, 0.25) is 0 Å². The summed E-state index contributed by atoms with van der Waals surface area (Å²) < 4.78 is 0. The molecule has 0 aliphatic heterocycles. The zero-order chi connectivity index (χ0) is 16.6. The van der Waals surface area contributed by atoms with Crippen LogP contribution in [0.25, 0.3) is 0 Å². The van der Waals surface area contributed by atoms with Crippen LogP contribution in [0.4, 0.5) is 5.82 Å². The third-order valence-electron chi connectivity index (χ3n) is 3.86. The van der Waals surface area contributed by atoms with Gasteiger partial charge in [0.25, 0.3) is 0 Å². The van der Waals surface area contributed by atoms with Gasteiger partial charge < -0.3 is 10.2 Å². The van der Waals surface area contributed by atoms with E-state index in [-0.39, 0.29) is 0 Å². The van der Waals surface area contributed by atoms with Crippen molar-refractivity contribution in [3.63, 3.8) is 0 Å². The van der Waals surface area contributed by atoms with Gasteiger partial charge in [-0.2, -0.15) is 0 Å². The van der Waals surface area contributed by atoms with Crippen molar-refractivity contribution in [3.05, 3.63) is 89.9 Å². The predicted octanol–water partition coefficient (Wildman–Crippen LogP) is 3.40. The molecule has 3 aromatic rings. The van der Waals surface area contributed by atoms with Gasteiger partial charge in [0.2, 0.25) is 0 Å². The predicted molar refractivity (Wildman–Crippen MR) is 97.6 cm³/mol. The molecule has 0 bridgehead atoms. The van der Waals surface area contributed by atoms with Crippen LogP contribution in [0.1, 0.15) is 16.7 Å². The molecule has 0 spiro atoms. The molecule has 3 rings (SSSR count). The average Bonchev–Trinajstić information content (AvgIpc) is 2.64. The van der Waals surface area contributed by atoms with E-state index >= 15 is 0 Å². The Morgan fingerprint density at radius 1 is 0.875 bits per heavy atom. The molecule has 0 saturated carbocycles. The van der Waals surface area contributed by atoms with Gasteiger partial charge in [-0.1, -0.05) is 60.7 Å². The molecule has 1 heterocycles. The molecule has 0 aliphatic carbocycles. The highest BCUT2D eigenvalue weighted by Crippen LogP contribution is 2.21. The van der Waals surface area contributed by atoms with E-state index in [9.17, 15) is 0 Å². The summed E-state index contributed by atoms with van der Waals surface area (Å²) in [4.78, 5) is 11.1. The normalized spacial score (nSPS) is 10.5. The molecule has 2 aromatic carbocycles. The zero-order valence-electron chi connectivity index (χ0n) is 13.9. The minimum absolute atomic E-state index is 0.746. The molecular weight excluding hydrogens is 296 g/mol. The van der Waals surface area contributed by atoms with E-state index in [2.05, 4.69) is 68.7 Å². The Balaban J connectivity index is 1.92. The zero-order valence-corrected chi connectivity index (χ0v) is 13.9. The second kappa shape index (κ2) is 8.22. The lowest BCUT2D eigenvalue weighted by atomic mass is 10.1. The molecule has 0 atom stereocenters. The maximum absolute atomic E-state index is 4.56. The summed E-state index contributed by atoms with van der Waals surface area (Å²) in [5.41, 5.74) is 3.64. The Hall–Kier alpha value is -2.72. The fourth-order valence-electron chi connectivity index (χ4n) is 2.77. The van der Waals surface area contributed by atoms with Gasteiger partial charge in [-0.05, 0) is 18.2 Å². The first kappa shape index (κ1) is 16.1. The molecule has 0 unspecified atom stereocenters. The first-order valence-corrected chi connectivity index (χ1v) is 8.13. The summed E-state index contributed by atoms with van der Waals surface area (Å²) in [6.07, 6.45) is 3.51. The van der Waals surface area contributed by atoms with Gasteiger partial charge in [0.1, 0.15) is 12.1 Å². The van der Waals surface area contributed by atoms with Gasteiger partial charge in [0.15, 0.2) is 0 Å². The molecule has 1 aromatic heterocycles. The summed E-state index contributed by atoms with van der Waals surface area (Å²) in [6.45, 7) is 2.36. The van der Waals surface area contributed by atoms with E-state index in [0.717, 1.165) is 31.0 Å². The highest BCUT2D eigenvalue weighted by molar-refractivity contribution is 5.47.